The van der Waals surface area contributed by atoms with Crippen LogP contribution < -0.4 is 37.3 Å². The summed E-state index contributed by atoms with van der Waals surface area (Å²) in [6, 6.07) is 7.68. The van der Waals surface area contributed by atoms with Crippen LogP contribution in [0.1, 0.15) is 84.4 Å². The third-order valence-corrected chi connectivity index (χ3v) is 10.7. The van der Waals surface area contributed by atoms with E-state index in [-0.39, 0.29) is 83.6 Å². The Hall–Kier alpha value is -8.15. The number of primary amides is 2. The number of ether oxygens (including phenoxy) is 3. The highest BCUT2D eigenvalue weighted by Gasteiger charge is 2.25. The number of allylic oxidation sites excluding steroid dienone is 3. The van der Waals surface area contributed by atoms with Crippen LogP contribution in [0.3, 0.4) is 0 Å². The van der Waals surface area contributed by atoms with Crippen molar-refractivity contribution in [1.29, 1.82) is 0 Å². The largest absolute Gasteiger partial charge is 0.494 e. The zero-order valence-corrected chi connectivity index (χ0v) is 39.2. The number of aromatic nitrogens is 6. The number of hydrogen-bond donors (Lipinski definition) is 5. The summed E-state index contributed by atoms with van der Waals surface area (Å²) in [5.74, 6) is 4.65. The summed E-state index contributed by atoms with van der Waals surface area (Å²) in [6.45, 7) is 12.6. The van der Waals surface area contributed by atoms with E-state index in [1.165, 1.54) is 37.5 Å². The van der Waals surface area contributed by atoms with E-state index in [9.17, 15) is 24.0 Å². The molecule has 1 saturated heterocycles. The van der Waals surface area contributed by atoms with Gasteiger partial charge in [0.15, 0.2) is 0 Å². The maximum Gasteiger partial charge on any atom is 0.410 e. The predicted octanol–water partition coefficient (Wildman–Crippen LogP) is 4.53. The van der Waals surface area contributed by atoms with Crippen molar-refractivity contribution in [3.63, 3.8) is 0 Å². The number of methoxy groups -OCH3 is 1. The average Bonchev–Trinajstić information content (AvgIpc) is 3.97. The number of nitrogens with two attached hydrogens (primary N) is 3. The summed E-state index contributed by atoms with van der Waals surface area (Å²) in [5.41, 5.74) is 20.6. The topological polar surface area (TPSA) is 284 Å². The molecule has 1 aliphatic rings. The molecule has 1 aliphatic heterocycles. The highest BCUT2D eigenvalue weighted by Crippen LogP contribution is 2.33. The molecule has 358 valence electrons. The smallest absolute Gasteiger partial charge is 0.410 e. The number of aliphatic imine (C=N–C) groups is 1. The minimum absolute atomic E-state index is 0.0250. The van der Waals surface area contributed by atoms with E-state index in [0.29, 0.717) is 72.7 Å². The number of amides is 5. The Morgan fingerprint density at radius 2 is 1.47 bits per heavy atom. The van der Waals surface area contributed by atoms with Gasteiger partial charge in [0.25, 0.3) is 11.8 Å². The number of benzene rings is 2. The van der Waals surface area contributed by atoms with Crippen LogP contribution in [0.25, 0.3) is 22.1 Å². The molecule has 0 atom stereocenters. The second-order valence-electron chi connectivity index (χ2n) is 16.1. The van der Waals surface area contributed by atoms with Gasteiger partial charge in [0.2, 0.25) is 23.7 Å². The lowest BCUT2D eigenvalue weighted by Crippen LogP contribution is -2.39. The first-order chi connectivity index (χ1) is 32.5. The Bertz CT molecular complexity index is 2900. The third kappa shape index (κ3) is 11.6. The summed E-state index contributed by atoms with van der Waals surface area (Å²) in [5, 5.41) is 10.1. The zero-order valence-electron chi connectivity index (χ0n) is 39.2. The van der Waals surface area contributed by atoms with E-state index in [4.69, 9.17) is 36.4 Å². The first kappa shape index (κ1) is 49.3. The Kier molecular flexibility index (Phi) is 15.9. The lowest BCUT2D eigenvalue weighted by molar-refractivity contribution is -0.110. The molecule has 0 saturated carbocycles. The molecule has 0 spiro atoms. The molecule has 0 bridgehead atoms. The summed E-state index contributed by atoms with van der Waals surface area (Å²) in [4.78, 5) is 80.1. The Morgan fingerprint density at radius 3 is 2.01 bits per heavy atom. The van der Waals surface area contributed by atoms with Crippen molar-refractivity contribution in [3.05, 3.63) is 76.8 Å². The second kappa shape index (κ2) is 21.9. The van der Waals surface area contributed by atoms with Crippen molar-refractivity contribution in [2.45, 2.75) is 80.1 Å². The third-order valence-electron chi connectivity index (χ3n) is 10.7. The van der Waals surface area contributed by atoms with E-state index in [1.54, 1.807) is 57.7 Å². The van der Waals surface area contributed by atoms with Gasteiger partial charge in [0.1, 0.15) is 40.5 Å². The number of piperidine rings is 1. The molecule has 5 amide bonds. The molecule has 1 fully saturated rings. The molecule has 0 unspecified atom stereocenters. The quantitative estimate of drug-likeness (QED) is 0.0489. The molecule has 21 heteroatoms. The van der Waals surface area contributed by atoms with Crippen LogP contribution in [0.2, 0.25) is 0 Å². The van der Waals surface area contributed by atoms with Gasteiger partial charge in [0.05, 0.1) is 29.9 Å². The molecule has 8 N–H and O–H groups in total. The van der Waals surface area contributed by atoms with Gasteiger partial charge < -0.3 is 45.4 Å². The first-order valence-corrected chi connectivity index (χ1v) is 22.1. The van der Waals surface area contributed by atoms with Crippen LogP contribution in [-0.4, -0.2) is 109 Å². The summed E-state index contributed by atoms with van der Waals surface area (Å²) < 4.78 is 22.3. The first-order valence-electron chi connectivity index (χ1n) is 22.1. The lowest BCUT2D eigenvalue weighted by Gasteiger charge is -2.29. The van der Waals surface area contributed by atoms with Crippen molar-refractivity contribution in [2.24, 2.45) is 28.1 Å². The van der Waals surface area contributed by atoms with Crippen LogP contribution in [0.5, 0.6) is 11.5 Å². The van der Waals surface area contributed by atoms with Crippen molar-refractivity contribution < 1.29 is 38.2 Å². The van der Waals surface area contributed by atoms with Gasteiger partial charge in [0, 0.05) is 62.0 Å². The molecule has 3 aromatic heterocycles. The number of nitrogens with zero attached hydrogens (tertiary/aromatic N) is 8. The van der Waals surface area contributed by atoms with E-state index in [2.05, 4.69) is 37.5 Å². The highest BCUT2D eigenvalue weighted by molar-refractivity contribution is 6.47. The molecule has 0 aliphatic carbocycles. The summed E-state index contributed by atoms with van der Waals surface area (Å²) >= 11 is 0. The van der Waals surface area contributed by atoms with Crippen molar-refractivity contribution in [1.82, 2.24) is 33.8 Å². The fourth-order valence-electron chi connectivity index (χ4n) is 7.57. The fourth-order valence-corrected chi connectivity index (χ4v) is 7.57. The molecule has 21 nitrogen and oxygen atoms in total. The lowest BCUT2D eigenvalue weighted by atomic mass is 9.98. The van der Waals surface area contributed by atoms with Gasteiger partial charge in [-0.05, 0) is 90.8 Å². The maximum absolute atomic E-state index is 13.7. The number of fused-ring (bicyclic) bond motifs is 2. The molecular weight excluding hydrogens is 875 g/mol. The maximum atomic E-state index is 13.7. The molecule has 4 heterocycles. The van der Waals surface area contributed by atoms with Crippen molar-refractivity contribution in [2.75, 3.05) is 44.0 Å². The minimum atomic E-state index is -0.727. The molecule has 2 aromatic carbocycles. The van der Waals surface area contributed by atoms with Crippen LogP contribution in [0, 0.1) is 24.7 Å². The van der Waals surface area contributed by atoms with Crippen LogP contribution >= 0.6 is 0 Å². The SMILES string of the molecule is CCN=C(C=C(C)N)C(=O)Nc1nc2cc(C(N)=O)cc(OCC#CC3CCN(C(=O)OC(C)C)CC3)c2n1C/C=C/Cn1c(NC(=O)c2cc(C)nn2CC)nc2cc(C(N)=O)cc(OC)c21. The molecule has 0 radical (unpaired) electrons. The van der Waals surface area contributed by atoms with Crippen LogP contribution in [0.4, 0.5) is 16.7 Å². The van der Waals surface area contributed by atoms with Crippen LogP contribution in [-0.2, 0) is 29.2 Å². The Labute approximate surface area is 392 Å². The number of hydrogen-bond acceptors (Lipinski definition) is 13. The van der Waals surface area contributed by atoms with Gasteiger partial charge in [-0.1, -0.05) is 24.0 Å². The summed E-state index contributed by atoms with van der Waals surface area (Å²) in [6.07, 6.45) is 5.84. The number of carbonyl (C=O) groups excluding carboxylic acids is 5. The highest BCUT2D eigenvalue weighted by atomic mass is 16.6. The Balaban J connectivity index is 1.36. The van der Waals surface area contributed by atoms with Crippen molar-refractivity contribution >= 4 is 69.4 Å². The predicted molar refractivity (Wildman–Crippen MR) is 257 cm³/mol. The average molecular weight is 932 g/mol. The minimum Gasteiger partial charge on any atom is -0.494 e. The van der Waals surface area contributed by atoms with Gasteiger partial charge in [-0.25, -0.2) is 14.8 Å². The molecule has 5 aromatic rings. The van der Waals surface area contributed by atoms with E-state index < -0.39 is 23.6 Å². The second-order valence-corrected chi connectivity index (χ2v) is 16.1. The van der Waals surface area contributed by atoms with Gasteiger partial charge in [-0.15, -0.1) is 0 Å². The number of imidazole rings is 2. The normalized spacial score (nSPS) is 13.5. The van der Waals surface area contributed by atoms with E-state index in [0.717, 1.165) is 0 Å². The van der Waals surface area contributed by atoms with Gasteiger partial charge in [-0.3, -0.25) is 39.5 Å². The summed E-state index contributed by atoms with van der Waals surface area (Å²) in [7, 11) is 1.45. The number of carbonyl (C=O) groups is 5. The van der Waals surface area contributed by atoms with E-state index in [1.807, 2.05) is 20.8 Å². The monoisotopic (exact) mass is 931 g/mol. The number of likely N-dealkylation sites (tertiary alicyclic amines) is 1. The van der Waals surface area contributed by atoms with Gasteiger partial charge in [-0.2, -0.15) is 5.10 Å². The molecule has 68 heavy (non-hydrogen) atoms. The van der Waals surface area contributed by atoms with E-state index >= 15 is 0 Å². The number of anilines is 2. The number of nitrogens with one attached hydrogen (secondary N) is 2. The standard InChI is InChI=1S/C47H57N13O8/c1-8-51-35(21-28(5)48)43(63)54-45-53-34-24-32(42(50)62)26-38(67-20-12-13-30-14-18-57(19-15-30)47(65)68-27(3)4)40(34)59(45)17-11-10-16-58-39-33(23-31(41(49)61)25-37(39)66-7)52-46(58)55-44(64)36-22-29(6)56-60(36)9-2/h10-11,21-27,30H,8-9,14-20,48H2,1-7H3,(H2,49,61)(H2,50,62)(H,52,55,64)(H,53,54,63)/b11-10+,28-21?,51-35?. The molecule has 6 rings (SSSR count). The fraction of sp³-hybridized carbons (Fsp3) is 0.383. The number of aryl methyl sites for hydroxylation is 2. The van der Waals surface area contributed by atoms with Crippen LogP contribution in [0.15, 0.2) is 59.2 Å². The zero-order chi connectivity index (χ0) is 49.2. The van der Waals surface area contributed by atoms with Gasteiger partial charge >= 0.3 is 6.09 Å². The Morgan fingerprint density at radius 1 is 0.882 bits per heavy atom. The molecular formula is C47H57N13O8. The van der Waals surface area contributed by atoms with Crippen molar-refractivity contribution in [3.8, 4) is 23.3 Å². The number of rotatable bonds is 17.